The Bertz CT molecular complexity index is 334. The number of nitrogens with zero attached hydrogens (tertiary/aromatic N) is 1. The molecule has 1 aliphatic heterocycles. The molecule has 2 aliphatic rings. The first-order valence-electron chi connectivity index (χ1n) is 6.73. The van der Waals surface area contributed by atoms with E-state index in [-0.39, 0.29) is 5.91 Å². The van der Waals surface area contributed by atoms with Crippen LogP contribution in [-0.2, 0) is 9.53 Å². The number of hydrogen-bond acceptors (Lipinski definition) is 3. The third-order valence-corrected chi connectivity index (χ3v) is 4.81. The van der Waals surface area contributed by atoms with E-state index >= 15 is 0 Å². The quantitative estimate of drug-likeness (QED) is 0.789. The summed E-state index contributed by atoms with van der Waals surface area (Å²) < 4.78 is 5.34. The van der Waals surface area contributed by atoms with E-state index in [1.165, 1.54) is 12.8 Å². The number of carbonyl (C=O) groups is 1. The Morgan fingerprint density at radius 1 is 1.33 bits per heavy atom. The van der Waals surface area contributed by atoms with Crippen molar-refractivity contribution in [3.05, 3.63) is 0 Å². The summed E-state index contributed by atoms with van der Waals surface area (Å²) in [6, 6.07) is 0.367. The van der Waals surface area contributed by atoms with Gasteiger partial charge in [0.15, 0.2) is 0 Å². The second-order valence-corrected chi connectivity index (χ2v) is 5.85. The maximum atomic E-state index is 12.8. The summed E-state index contributed by atoms with van der Waals surface area (Å²) in [5.74, 6) is 0.102. The Balaban J connectivity index is 2.14. The lowest BCUT2D eigenvalue weighted by molar-refractivity contribution is -0.143. The van der Waals surface area contributed by atoms with Gasteiger partial charge in [-0.05, 0) is 25.7 Å². The SMILES string of the molecule is CN(C(=O)C1(C(N)=S)CCOCC1)C1CCCC1. The molecule has 2 rings (SSSR count). The fraction of sp³-hybridized carbons (Fsp3) is 0.846. The largest absolute Gasteiger partial charge is 0.392 e. The zero-order valence-corrected chi connectivity index (χ0v) is 11.8. The van der Waals surface area contributed by atoms with Crippen LogP contribution in [-0.4, -0.2) is 42.1 Å². The summed E-state index contributed by atoms with van der Waals surface area (Å²) in [6.07, 6.45) is 5.88. The summed E-state index contributed by atoms with van der Waals surface area (Å²) in [5, 5.41) is 0. The van der Waals surface area contributed by atoms with Crippen molar-refractivity contribution in [1.29, 1.82) is 0 Å². The van der Waals surface area contributed by atoms with Gasteiger partial charge in [-0.25, -0.2) is 0 Å². The lowest BCUT2D eigenvalue weighted by Crippen LogP contribution is -2.54. The summed E-state index contributed by atoms with van der Waals surface area (Å²) in [6.45, 7) is 1.14. The summed E-state index contributed by atoms with van der Waals surface area (Å²) in [7, 11) is 1.90. The number of nitrogens with two attached hydrogens (primary N) is 1. The highest BCUT2D eigenvalue weighted by atomic mass is 32.1. The third-order valence-electron chi connectivity index (χ3n) is 4.42. The van der Waals surface area contributed by atoms with Crippen molar-refractivity contribution in [3.63, 3.8) is 0 Å². The molecule has 0 atom stereocenters. The Morgan fingerprint density at radius 3 is 2.39 bits per heavy atom. The first-order valence-corrected chi connectivity index (χ1v) is 7.14. The van der Waals surface area contributed by atoms with Crippen LogP contribution in [0.5, 0.6) is 0 Å². The zero-order chi connectivity index (χ0) is 13.2. The molecule has 0 radical (unpaired) electrons. The monoisotopic (exact) mass is 270 g/mol. The summed E-state index contributed by atoms with van der Waals surface area (Å²) in [5.41, 5.74) is 5.21. The molecule has 0 aromatic rings. The van der Waals surface area contributed by atoms with Gasteiger partial charge in [0.1, 0.15) is 5.41 Å². The lowest BCUT2D eigenvalue weighted by atomic mass is 9.78. The molecule has 1 heterocycles. The van der Waals surface area contributed by atoms with Gasteiger partial charge in [0.2, 0.25) is 5.91 Å². The van der Waals surface area contributed by atoms with Crippen LogP contribution in [0.3, 0.4) is 0 Å². The van der Waals surface area contributed by atoms with Crippen LogP contribution in [0, 0.1) is 5.41 Å². The highest BCUT2D eigenvalue weighted by molar-refractivity contribution is 7.80. The first kappa shape index (κ1) is 13.7. The van der Waals surface area contributed by atoms with E-state index in [2.05, 4.69) is 0 Å². The van der Waals surface area contributed by atoms with Crippen molar-refractivity contribution in [3.8, 4) is 0 Å². The van der Waals surface area contributed by atoms with Gasteiger partial charge in [0.25, 0.3) is 0 Å². The molecule has 0 unspecified atom stereocenters. The van der Waals surface area contributed by atoms with Gasteiger partial charge in [-0.15, -0.1) is 0 Å². The van der Waals surface area contributed by atoms with E-state index in [9.17, 15) is 4.79 Å². The molecule has 0 aromatic heterocycles. The predicted molar refractivity (Wildman–Crippen MR) is 74.3 cm³/mol. The second-order valence-electron chi connectivity index (χ2n) is 5.41. The standard InChI is InChI=1S/C13H22N2O2S/c1-15(10-4-2-3-5-10)12(16)13(11(14)18)6-8-17-9-7-13/h10H,2-9H2,1H3,(H2,14,18). The molecule has 2 N–H and O–H groups in total. The van der Waals surface area contributed by atoms with Gasteiger partial charge in [0, 0.05) is 26.3 Å². The van der Waals surface area contributed by atoms with Crippen LogP contribution in [0.25, 0.3) is 0 Å². The van der Waals surface area contributed by atoms with Crippen molar-refractivity contribution in [2.75, 3.05) is 20.3 Å². The van der Waals surface area contributed by atoms with Crippen molar-refractivity contribution in [2.24, 2.45) is 11.1 Å². The molecule has 0 aromatic carbocycles. The second kappa shape index (κ2) is 5.53. The summed E-state index contributed by atoms with van der Waals surface area (Å²) >= 11 is 5.17. The Hall–Kier alpha value is -0.680. The van der Waals surface area contributed by atoms with Crippen molar-refractivity contribution < 1.29 is 9.53 Å². The van der Waals surface area contributed by atoms with Crippen LogP contribution < -0.4 is 5.73 Å². The van der Waals surface area contributed by atoms with Crippen LogP contribution >= 0.6 is 12.2 Å². The average Bonchev–Trinajstić information content (AvgIpc) is 2.91. The predicted octanol–water partition coefficient (Wildman–Crippen LogP) is 1.47. The topological polar surface area (TPSA) is 55.6 Å². The van der Waals surface area contributed by atoms with Crippen molar-refractivity contribution in [2.45, 2.75) is 44.6 Å². The number of carbonyl (C=O) groups excluding carboxylic acids is 1. The first-order chi connectivity index (χ1) is 8.58. The lowest BCUT2D eigenvalue weighted by Gasteiger charge is -2.39. The number of ether oxygens (including phenoxy) is 1. The minimum absolute atomic E-state index is 0.102. The smallest absolute Gasteiger partial charge is 0.235 e. The van der Waals surface area contributed by atoms with E-state index in [1.807, 2.05) is 11.9 Å². The van der Waals surface area contributed by atoms with Crippen LogP contribution in [0.15, 0.2) is 0 Å². The van der Waals surface area contributed by atoms with Gasteiger partial charge in [-0.1, -0.05) is 25.1 Å². The minimum atomic E-state index is -0.662. The minimum Gasteiger partial charge on any atom is -0.392 e. The molecule has 4 nitrogen and oxygen atoms in total. The molecule has 1 saturated carbocycles. The number of hydrogen-bond donors (Lipinski definition) is 1. The van der Waals surface area contributed by atoms with Crippen LogP contribution in [0.4, 0.5) is 0 Å². The fourth-order valence-electron chi connectivity index (χ4n) is 3.08. The molecular formula is C13H22N2O2S. The molecule has 2 fully saturated rings. The molecule has 1 saturated heterocycles. The van der Waals surface area contributed by atoms with E-state index in [1.54, 1.807) is 0 Å². The maximum absolute atomic E-state index is 12.8. The van der Waals surface area contributed by atoms with Gasteiger partial charge >= 0.3 is 0 Å². The van der Waals surface area contributed by atoms with Gasteiger partial charge < -0.3 is 15.4 Å². The average molecular weight is 270 g/mol. The van der Waals surface area contributed by atoms with Gasteiger partial charge in [-0.2, -0.15) is 0 Å². The highest BCUT2D eigenvalue weighted by Crippen LogP contribution is 2.35. The third kappa shape index (κ3) is 2.38. The van der Waals surface area contributed by atoms with Crippen molar-refractivity contribution in [1.82, 2.24) is 4.90 Å². The molecule has 1 amide bonds. The molecule has 102 valence electrons. The number of amides is 1. The molecule has 5 heteroatoms. The Kier molecular flexibility index (Phi) is 4.22. The zero-order valence-electron chi connectivity index (χ0n) is 11.0. The number of thiocarbonyl (C=S) groups is 1. The number of rotatable bonds is 3. The van der Waals surface area contributed by atoms with Crippen molar-refractivity contribution >= 4 is 23.1 Å². The van der Waals surface area contributed by atoms with E-state index in [4.69, 9.17) is 22.7 Å². The molecule has 1 aliphatic carbocycles. The summed E-state index contributed by atoms with van der Waals surface area (Å²) in [4.78, 5) is 15.0. The molecule has 0 bridgehead atoms. The van der Waals surface area contributed by atoms with E-state index < -0.39 is 5.41 Å². The molecular weight excluding hydrogens is 248 g/mol. The Morgan fingerprint density at radius 2 is 1.89 bits per heavy atom. The normalized spacial score (nSPS) is 23.8. The van der Waals surface area contributed by atoms with Gasteiger partial charge in [-0.3, -0.25) is 4.79 Å². The maximum Gasteiger partial charge on any atom is 0.235 e. The van der Waals surface area contributed by atoms with E-state index in [0.717, 1.165) is 12.8 Å². The van der Waals surface area contributed by atoms with Crippen LogP contribution in [0.1, 0.15) is 38.5 Å². The molecule has 0 spiro atoms. The fourth-order valence-corrected chi connectivity index (χ4v) is 3.37. The Labute approximate surface area is 114 Å². The van der Waals surface area contributed by atoms with Gasteiger partial charge in [0.05, 0.1) is 4.99 Å². The van der Waals surface area contributed by atoms with Crippen LogP contribution in [0.2, 0.25) is 0 Å². The highest BCUT2D eigenvalue weighted by Gasteiger charge is 2.45. The van der Waals surface area contributed by atoms with E-state index in [0.29, 0.717) is 37.1 Å². The molecule has 18 heavy (non-hydrogen) atoms.